The Morgan fingerprint density at radius 1 is 1.15 bits per heavy atom. The summed E-state index contributed by atoms with van der Waals surface area (Å²) in [5, 5.41) is 12.6. The SMILES string of the molecule is CCCCCCCCCC(=O)Nc1sc(C(=O)OC(C)C)c(C)c1C#N. The molecule has 0 aromatic carbocycles. The van der Waals surface area contributed by atoms with Crippen LogP contribution in [0.4, 0.5) is 5.00 Å². The van der Waals surface area contributed by atoms with Crippen LogP contribution < -0.4 is 5.32 Å². The summed E-state index contributed by atoms with van der Waals surface area (Å²) < 4.78 is 5.20. The van der Waals surface area contributed by atoms with Gasteiger partial charge in [0.05, 0.1) is 11.7 Å². The van der Waals surface area contributed by atoms with Crippen LogP contribution in [0.3, 0.4) is 0 Å². The minimum absolute atomic E-state index is 0.111. The smallest absolute Gasteiger partial charge is 0.348 e. The molecule has 1 aromatic heterocycles. The monoisotopic (exact) mass is 378 g/mol. The van der Waals surface area contributed by atoms with Crippen LogP contribution in [0, 0.1) is 18.3 Å². The predicted octanol–water partition coefficient (Wildman–Crippen LogP) is 5.57. The highest BCUT2D eigenvalue weighted by atomic mass is 32.1. The fourth-order valence-electron chi connectivity index (χ4n) is 2.63. The maximum Gasteiger partial charge on any atom is 0.348 e. The standard InChI is InChI=1S/C20H30N2O3S/c1-5-6-7-8-9-10-11-12-17(23)22-19-16(13-21)15(4)18(26-19)20(24)25-14(2)3/h14H,5-12H2,1-4H3,(H,22,23). The second-order valence-corrected chi connectivity index (χ2v) is 7.77. The van der Waals surface area contributed by atoms with Gasteiger partial charge in [-0.25, -0.2) is 4.79 Å². The van der Waals surface area contributed by atoms with Gasteiger partial charge in [-0.3, -0.25) is 4.79 Å². The number of nitrogens with one attached hydrogen (secondary N) is 1. The zero-order valence-electron chi connectivity index (χ0n) is 16.3. The summed E-state index contributed by atoms with van der Waals surface area (Å²) in [4.78, 5) is 24.7. The summed E-state index contributed by atoms with van der Waals surface area (Å²) in [5.41, 5.74) is 0.910. The molecule has 144 valence electrons. The number of esters is 1. The zero-order valence-corrected chi connectivity index (χ0v) is 17.1. The minimum Gasteiger partial charge on any atom is -0.459 e. The van der Waals surface area contributed by atoms with Gasteiger partial charge in [-0.1, -0.05) is 45.4 Å². The van der Waals surface area contributed by atoms with Gasteiger partial charge in [0.15, 0.2) is 0 Å². The molecule has 0 aliphatic rings. The van der Waals surface area contributed by atoms with E-state index in [9.17, 15) is 14.9 Å². The summed E-state index contributed by atoms with van der Waals surface area (Å²) in [6.07, 6.45) is 8.22. The second-order valence-electron chi connectivity index (χ2n) is 6.75. The average Bonchev–Trinajstić information content (AvgIpc) is 2.89. The van der Waals surface area contributed by atoms with E-state index in [2.05, 4.69) is 18.3 Å². The molecule has 1 rings (SSSR count). The molecule has 26 heavy (non-hydrogen) atoms. The highest BCUT2D eigenvalue weighted by Gasteiger charge is 2.22. The number of amides is 1. The van der Waals surface area contributed by atoms with Crippen LogP contribution in [-0.2, 0) is 9.53 Å². The summed E-state index contributed by atoms with van der Waals surface area (Å²) >= 11 is 1.11. The lowest BCUT2D eigenvalue weighted by Gasteiger charge is -2.06. The number of rotatable bonds is 11. The third-order valence-corrected chi connectivity index (χ3v) is 5.23. The fraction of sp³-hybridized carbons (Fsp3) is 0.650. The van der Waals surface area contributed by atoms with E-state index in [4.69, 9.17) is 4.74 Å². The molecular formula is C20H30N2O3S. The molecule has 1 N–H and O–H groups in total. The van der Waals surface area contributed by atoms with E-state index in [0.717, 1.165) is 30.6 Å². The molecule has 1 heterocycles. The van der Waals surface area contributed by atoms with Crippen molar-refractivity contribution < 1.29 is 14.3 Å². The van der Waals surface area contributed by atoms with Crippen LogP contribution in [0.25, 0.3) is 0 Å². The van der Waals surface area contributed by atoms with Gasteiger partial charge >= 0.3 is 5.97 Å². The lowest BCUT2D eigenvalue weighted by molar-refractivity contribution is -0.116. The number of thiophene rings is 1. The van der Waals surface area contributed by atoms with Crippen molar-refractivity contribution in [3.8, 4) is 6.07 Å². The molecule has 1 aromatic rings. The van der Waals surface area contributed by atoms with Gasteiger partial charge in [-0.15, -0.1) is 11.3 Å². The van der Waals surface area contributed by atoms with E-state index in [1.54, 1.807) is 20.8 Å². The molecule has 1 amide bonds. The van der Waals surface area contributed by atoms with Crippen LogP contribution in [-0.4, -0.2) is 18.0 Å². The molecule has 0 aliphatic heterocycles. The number of anilines is 1. The maximum atomic E-state index is 12.2. The molecule has 6 heteroatoms. The van der Waals surface area contributed by atoms with Gasteiger partial charge in [-0.2, -0.15) is 5.26 Å². The van der Waals surface area contributed by atoms with E-state index in [1.807, 2.05) is 0 Å². The van der Waals surface area contributed by atoms with Crippen molar-refractivity contribution in [1.29, 1.82) is 5.26 Å². The van der Waals surface area contributed by atoms with Crippen molar-refractivity contribution in [3.05, 3.63) is 16.0 Å². The Morgan fingerprint density at radius 2 is 1.77 bits per heavy atom. The normalized spacial score (nSPS) is 10.6. The summed E-state index contributed by atoms with van der Waals surface area (Å²) in [6, 6.07) is 2.08. The Bertz CT molecular complexity index is 644. The second kappa shape index (κ2) is 11.7. The van der Waals surface area contributed by atoms with E-state index in [-0.39, 0.29) is 12.0 Å². The number of carbonyl (C=O) groups is 2. The van der Waals surface area contributed by atoms with Gasteiger partial charge < -0.3 is 10.1 Å². The van der Waals surface area contributed by atoms with E-state index in [0.29, 0.717) is 27.4 Å². The third kappa shape index (κ3) is 7.17. The van der Waals surface area contributed by atoms with Crippen LogP contribution in [0.5, 0.6) is 0 Å². The van der Waals surface area contributed by atoms with Crippen molar-refractivity contribution >= 4 is 28.2 Å². The Labute approximate surface area is 160 Å². The van der Waals surface area contributed by atoms with Gasteiger partial charge in [0.2, 0.25) is 5.91 Å². The summed E-state index contributed by atoms with van der Waals surface area (Å²) in [5.74, 6) is -0.563. The van der Waals surface area contributed by atoms with Crippen molar-refractivity contribution in [2.75, 3.05) is 5.32 Å². The summed E-state index contributed by atoms with van der Waals surface area (Å²) in [6.45, 7) is 7.45. The molecule has 5 nitrogen and oxygen atoms in total. The van der Waals surface area contributed by atoms with Crippen molar-refractivity contribution in [2.45, 2.75) is 85.2 Å². The number of carbonyl (C=O) groups excluding carboxylic acids is 2. The number of unbranched alkanes of at least 4 members (excludes halogenated alkanes) is 6. The molecule has 0 radical (unpaired) electrons. The Balaban J connectivity index is 2.57. The fourth-order valence-corrected chi connectivity index (χ4v) is 3.69. The molecular weight excluding hydrogens is 348 g/mol. The Kier molecular flexibility index (Phi) is 9.97. The predicted molar refractivity (Wildman–Crippen MR) is 106 cm³/mol. The maximum absolute atomic E-state index is 12.2. The molecule has 0 fully saturated rings. The Hall–Kier alpha value is -1.87. The zero-order chi connectivity index (χ0) is 19.5. The lowest BCUT2D eigenvalue weighted by atomic mass is 10.1. The highest BCUT2D eigenvalue weighted by Crippen LogP contribution is 2.33. The van der Waals surface area contributed by atoms with Crippen molar-refractivity contribution in [2.24, 2.45) is 0 Å². The molecule has 0 aliphatic carbocycles. The van der Waals surface area contributed by atoms with Gasteiger partial charge in [0, 0.05) is 6.42 Å². The molecule has 0 saturated heterocycles. The topological polar surface area (TPSA) is 79.2 Å². The number of hydrogen-bond donors (Lipinski definition) is 1. The first-order valence-corrected chi connectivity index (χ1v) is 10.3. The first-order chi connectivity index (χ1) is 12.4. The third-order valence-electron chi connectivity index (χ3n) is 4.05. The number of hydrogen-bond acceptors (Lipinski definition) is 5. The first kappa shape index (κ1) is 22.2. The molecule has 0 spiro atoms. The van der Waals surface area contributed by atoms with E-state index in [1.165, 1.54) is 25.7 Å². The molecule has 0 unspecified atom stereocenters. The number of nitriles is 1. The first-order valence-electron chi connectivity index (χ1n) is 9.45. The van der Waals surface area contributed by atoms with Crippen molar-refractivity contribution in [1.82, 2.24) is 0 Å². The molecule has 0 bridgehead atoms. The van der Waals surface area contributed by atoms with Crippen molar-refractivity contribution in [3.63, 3.8) is 0 Å². The van der Waals surface area contributed by atoms with Crippen LogP contribution in [0.1, 0.15) is 92.9 Å². The largest absolute Gasteiger partial charge is 0.459 e. The Morgan fingerprint density at radius 3 is 2.35 bits per heavy atom. The number of nitrogens with zero attached hydrogens (tertiary/aromatic N) is 1. The minimum atomic E-state index is -0.452. The number of ether oxygens (including phenoxy) is 1. The van der Waals surface area contributed by atoms with E-state index >= 15 is 0 Å². The van der Waals surface area contributed by atoms with Gasteiger partial charge in [0.1, 0.15) is 15.9 Å². The van der Waals surface area contributed by atoms with Gasteiger partial charge in [-0.05, 0) is 32.8 Å². The van der Waals surface area contributed by atoms with Crippen LogP contribution in [0.15, 0.2) is 0 Å². The van der Waals surface area contributed by atoms with E-state index < -0.39 is 5.97 Å². The lowest BCUT2D eigenvalue weighted by Crippen LogP contribution is -2.11. The van der Waals surface area contributed by atoms with Gasteiger partial charge in [0.25, 0.3) is 0 Å². The molecule has 0 atom stereocenters. The highest BCUT2D eigenvalue weighted by molar-refractivity contribution is 7.18. The summed E-state index contributed by atoms with van der Waals surface area (Å²) in [7, 11) is 0. The average molecular weight is 379 g/mol. The quantitative estimate of drug-likeness (QED) is 0.403. The van der Waals surface area contributed by atoms with Crippen LogP contribution in [0.2, 0.25) is 0 Å². The molecule has 0 saturated carbocycles. The van der Waals surface area contributed by atoms with Crippen LogP contribution >= 0.6 is 11.3 Å².